The zero-order valence-electron chi connectivity index (χ0n) is 8.95. The van der Waals surface area contributed by atoms with Crippen LogP contribution in [0.15, 0.2) is 12.3 Å². The highest BCUT2D eigenvalue weighted by molar-refractivity contribution is 5.39. The average Bonchev–Trinajstić information content (AvgIpc) is 2.17. The number of rotatable bonds is 4. The lowest BCUT2D eigenvalue weighted by Gasteiger charge is -2.04. The van der Waals surface area contributed by atoms with Crippen molar-refractivity contribution in [3.8, 4) is 0 Å². The van der Waals surface area contributed by atoms with Crippen molar-refractivity contribution in [2.45, 2.75) is 27.4 Å². The standard InChI is InChI=1S/C11H16N2O/c1-4-6-11-12-7-10(8-14-5-2)9(3)13-11/h4,6-7H,5,8H2,1-3H3/b6-4-. The summed E-state index contributed by atoms with van der Waals surface area (Å²) in [5, 5.41) is 0. The van der Waals surface area contributed by atoms with Crippen LogP contribution in [0.1, 0.15) is 30.9 Å². The molecule has 0 N–H and O–H groups in total. The summed E-state index contributed by atoms with van der Waals surface area (Å²) < 4.78 is 5.30. The first-order chi connectivity index (χ1) is 6.77. The second-order valence-corrected chi connectivity index (χ2v) is 2.98. The molecule has 0 spiro atoms. The molecule has 1 aromatic heterocycles. The Labute approximate surface area is 84.8 Å². The van der Waals surface area contributed by atoms with Crippen LogP contribution in [0.5, 0.6) is 0 Å². The van der Waals surface area contributed by atoms with E-state index in [0.29, 0.717) is 6.61 Å². The maximum absolute atomic E-state index is 5.30. The van der Waals surface area contributed by atoms with Gasteiger partial charge in [-0.15, -0.1) is 0 Å². The van der Waals surface area contributed by atoms with Gasteiger partial charge in [0, 0.05) is 24.1 Å². The quantitative estimate of drug-likeness (QED) is 0.734. The Bertz CT molecular complexity index is 321. The Morgan fingerprint density at radius 1 is 1.50 bits per heavy atom. The summed E-state index contributed by atoms with van der Waals surface area (Å²) in [5.41, 5.74) is 2.04. The van der Waals surface area contributed by atoms with Gasteiger partial charge in [-0.1, -0.05) is 6.08 Å². The van der Waals surface area contributed by atoms with Crippen LogP contribution in [0.3, 0.4) is 0 Å². The molecule has 0 bridgehead atoms. The largest absolute Gasteiger partial charge is 0.377 e. The van der Waals surface area contributed by atoms with E-state index in [4.69, 9.17) is 4.74 Å². The molecular weight excluding hydrogens is 176 g/mol. The molecule has 0 aromatic carbocycles. The van der Waals surface area contributed by atoms with E-state index in [1.807, 2.05) is 39.1 Å². The van der Waals surface area contributed by atoms with Crippen molar-refractivity contribution in [3.63, 3.8) is 0 Å². The number of aromatic nitrogens is 2. The lowest BCUT2D eigenvalue weighted by molar-refractivity contribution is 0.133. The molecule has 0 fully saturated rings. The highest BCUT2D eigenvalue weighted by Gasteiger charge is 2.00. The minimum Gasteiger partial charge on any atom is -0.377 e. The van der Waals surface area contributed by atoms with Gasteiger partial charge in [0.25, 0.3) is 0 Å². The Kier molecular flexibility index (Phi) is 4.26. The van der Waals surface area contributed by atoms with Crippen LogP contribution >= 0.6 is 0 Å². The van der Waals surface area contributed by atoms with Gasteiger partial charge in [-0.25, -0.2) is 9.97 Å². The van der Waals surface area contributed by atoms with Gasteiger partial charge >= 0.3 is 0 Å². The van der Waals surface area contributed by atoms with Gasteiger partial charge in [0.1, 0.15) is 0 Å². The molecule has 0 aliphatic carbocycles. The molecule has 14 heavy (non-hydrogen) atoms. The highest BCUT2D eigenvalue weighted by atomic mass is 16.5. The number of allylic oxidation sites excluding steroid dienone is 1. The molecule has 0 unspecified atom stereocenters. The highest BCUT2D eigenvalue weighted by Crippen LogP contribution is 2.06. The Morgan fingerprint density at radius 2 is 2.29 bits per heavy atom. The number of ether oxygens (including phenoxy) is 1. The molecule has 1 heterocycles. The fourth-order valence-corrected chi connectivity index (χ4v) is 1.09. The molecule has 1 rings (SSSR count). The average molecular weight is 192 g/mol. The second-order valence-electron chi connectivity index (χ2n) is 2.98. The van der Waals surface area contributed by atoms with Gasteiger partial charge in [-0.3, -0.25) is 0 Å². The van der Waals surface area contributed by atoms with Crippen LogP contribution in [-0.2, 0) is 11.3 Å². The lowest BCUT2D eigenvalue weighted by atomic mass is 10.2. The maximum atomic E-state index is 5.30. The maximum Gasteiger partial charge on any atom is 0.151 e. The van der Waals surface area contributed by atoms with E-state index in [-0.39, 0.29) is 0 Å². The zero-order chi connectivity index (χ0) is 10.4. The summed E-state index contributed by atoms with van der Waals surface area (Å²) in [6.45, 7) is 7.22. The minimum absolute atomic E-state index is 0.596. The summed E-state index contributed by atoms with van der Waals surface area (Å²) in [4.78, 5) is 8.54. The van der Waals surface area contributed by atoms with E-state index in [1.54, 1.807) is 0 Å². The van der Waals surface area contributed by atoms with E-state index in [9.17, 15) is 0 Å². The molecular formula is C11H16N2O. The van der Waals surface area contributed by atoms with Crippen LogP contribution in [-0.4, -0.2) is 16.6 Å². The summed E-state index contributed by atoms with van der Waals surface area (Å²) in [6, 6.07) is 0. The minimum atomic E-state index is 0.596. The van der Waals surface area contributed by atoms with E-state index >= 15 is 0 Å². The Morgan fingerprint density at radius 3 is 2.86 bits per heavy atom. The fraction of sp³-hybridized carbons (Fsp3) is 0.455. The summed E-state index contributed by atoms with van der Waals surface area (Å²) in [6.07, 6.45) is 5.64. The molecule has 0 radical (unpaired) electrons. The number of hydrogen-bond donors (Lipinski definition) is 0. The van der Waals surface area contributed by atoms with E-state index < -0.39 is 0 Å². The third-order valence-electron chi connectivity index (χ3n) is 1.88. The van der Waals surface area contributed by atoms with E-state index in [2.05, 4.69) is 9.97 Å². The summed E-state index contributed by atoms with van der Waals surface area (Å²) in [7, 11) is 0. The topological polar surface area (TPSA) is 35.0 Å². The molecule has 0 amide bonds. The second kappa shape index (κ2) is 5.50. The SMILES string of the molecule is C/C=C\c1ncc(COCC)c(C)n1. The van der Waals surface area contributed by atoms with Gasteiger partial charge in [-0.05, 0) is 26.8 Å². The Balaban J connectivity index is 2.79. The van der Waals surface area contributed by atoms with Gasteiger partial charge in [-0.2, -0.15) is 0 Å². The first-order valence-corrected chi connectivity index (χ1v) is 4.81. The number of aryl methyl sites for hydroxylation is 1. The van der Waals surface area contributed by atoms with Crippen LogP contribution in [0, 0.1) is 6.92 Å². The van der Waals surface area contributed by atoms with Crippen molar-refractivity contribution in [2.24, 2.45) is 0 Å². The van der Waals surface area contributed by atoms with Crippen molar-refractivity contribution in [2.75, 3.05) is 6.61 Å². The predicted octanol–water partition coefficient (Wildman–Crippen LogP) is 2.35. The molecule has 0 aliphatic heterocycles. The summed E-state index contributed by atoms with van der Waals surface area (Å²) in [5.74, 6) is 0.755. The molecule has 0 aliphatic rings. The van der Waals surface area contributed by atoms with Crippen LogP contribution in [0.2, 0.25) is 0 Å². The zero-order valence-corrected chi connectivity index (χ0v) is 8.95. The fourth-order valence-electron chi connectivity index (χ4n) is 1.09. The monoisotopic (exact) mass is 192 g/mol. The van der Waals surface area contributed by atoms with Crippen molar-refractivity contribution in [3.05, 3.63) is 29.4 Å². The van der Waals surface area contributed by atoms with Gasteiger partial charge in [0.15, 0.2) is 5.82 Å². The van der Waals surface area contributed by atoms with E-state index in [0.717, 1.165) is 23.7 Å². The molecule has 0 atom stereocenters. The van der Waals surface area contributed by atoms with Crippen molar-refractivity contribution < 1.29 is 4.74 Å². The van der Waals surface area contributed by atoms with Crippen LogP contribution < -0.4 is 0 Å². The number of hydrogen-bond acceptors (Lipinski definition) is 3. The van der Waals surface area contributed by atoms with Gasteiger partial charge in [0.05, 0.1) is 6.61 Å². The number of nitrogens with zero attached hydrogens (tertiary/aromatic N) is 2. The first kappa shape index (κ1) is 10.9. The summed E-state index contributed by atoms with van der Waals surface area (Å²) >= 11 is 0. The molecule has 0 saturated carbocycles. The predicted molar refractivity (Wildman–Crippen MR) is 56.8 cm³/mol. The molecule has 0 saturated heterocycles. The van der Waals surface area contributed by atoms with Crippen molar-refractivity contribution in [1.82, 2.24) is 9.97 Å². The van der Waals surface area contributed by atoms with Crippen molar-refractivity contribution in [1.29, 1.82) is 0 Å². The van der Waals surface area contributed by atoms with Gasteiger partial charge in [0.2, 0.25) is 0 Å². The van der Waals surface area contributed by atoms with Crippen molar-refractivity contribution >= 4 is 6.08 Å². The van der Waals surface area contributed by atoms with Crippen LogP contribution in [0.4, 0.5) is 0 Å². The molecule has 1 aromatic rings. The molecule has 76 valence electrons. The van der Waals surface area contributed by atoms with Crippen LogP contribution in [0.25, 0.3) is 6.08 Å². The molecule has 3 heteroatoms. The van der Waals surface area contributed by atoms with E-state index in [1.165, 1.54) is 0 Å². The first-order valence-electron chi connectivity index (χ1n) is 4.81. The third-order valence-corrected chi connectivity index (χ3v) is 1.88. The lowest BCUT2D eigenvalue weighted by Crippen LogP contribution is -2.00. The smallest absolute Gasteiger partial charge is 0.151 e. The normalized spacial score (nSPS) is 11.1. The van der Waals surface area contributed by atoms with Gasteiger partial charge < -0.3 is 4.74 Å². The molecule has 3 nitrogen and oxygen atoms in total. The third kappa shape index (κ3) is 2.92. The Hall–Kier alpha value is -1.22.